The Hall–Kier alpha value is -4.24. The molecular weight excluding hydrogens is 478 g/mol. The zero-order valence-corrected chi connectivity index (χ0v) is 20.4. The van der Waals surface area contributed by atoms with Crippen LogP contribution >= 0.6 is 0 Å². The summed E-state index contributed by atoms with van der Waals surface area (Å²) in [5.74, 6) is -3.86. The maximum Gasteiger partial charge on any atom is 0.277 e. The highest BCUT2D eigenvalue weighted by molar-refractivity contribution is 6.26. The molecule has 0 fully saturated rings. The molecule has 0 saturated heterocycles. The van der Waals surface area contributed by atoms with Gasteiger partial charge in [-0.25, -0.2) is 13.8 Å². The van der Waals surface area contributed by atoms with Crippen molar-refractivity contribution in [1.82, 2.24) is 5.32 Å². The molecule has 3 aromatic rings. The van der Waals surface area contributed by atoms with E-state index in [0.29, 0.717) is 28.6 Å². The van der Waals surface area contributed by atoms with Crippen LogP contribution in [0.1, 0.15) is 30.5 Å². The lowest BCUT2D eigenvalue weighted by molar-refractivity contribution is -0.136. The van der Waals surface area contributed by atoms with Crippen molar-refractivity contribution in [3.05, 3.63) is 101 Å². The Morgan fingerprint density at radius 3 is 2.30 bits per heavy atom. The Morgan fingerprint density at radius 1 is 1.03 bits per heavy atom. The largest absolute Gasteiger partial charge is 0.346 e. The number of carbonyl (C=O) groups excluding carboxylic acids is 3. The number of para-hydroxylation sites is 1. The minimum Gasteiger partial charge on any atom is -0.346 e. The highest BCUT2D eigenvalue weighted by atomic mass is 19.1. The standard InChI is InChI=1S/C28H26F2N4O3/c1-3-34-23-12-8-7-11-22(23)25(19-9-5-4-6-10-19)33-28(31,27(34)37)26(36)17(2)32-24(35)15-18-13-20(29)16-21(30)14-18/h4-14,16-17H,3,15,31H2,1-2H3,(H,32,35)/t17-,28?/m0/s1. The number of rotatable bonds is 7. The van der Waals surface area contributed by atoms with E-state index in [0.717, 1.165) is 12.1 Å². The van der Waals surface area contributed by atoms with Gasteiger partial charge in [-0.3, -0.25) is 20.1 Å². The molecule has 0 aromatic heterocycles. The van der Waals surface area contributed by atoms with Gasteiger partial charge in [-0.15, -0.1) is 0 Å². The summed E-state index contributed by atoms with van der Waals surface area (Å²) in [5, 5.41) is 2.49. The second-order valence-electron chi connectivity index (χ2n) is 8.77. The number of carbonyl (C=O) groups is 3. The molecule has 1 unspecified atom stereocenters. The van der Waals surface area contributed by atoms with Crippen molar-refractivity contribution in [3.8, 4) is 0 Å². The van der Waals surface area contributed by atoms with Gasteiger partial charge in [-0.05, 0) is 37.6 Å². The monoisotopic (exact) mass is 504 g/mol. The van der Waals surface area contributed by atoms with Crippen LogP contribution in [0.3, 0.4) is 0 Å². The molecule has 0 aliphatic carbocycles. The molecule has 2 amide bonds. The van der Waals surface area contributed by atoms with Crippen LogP contribution < -0.4 is 16.0 Å². The first-order valence-electron chi connectivity index (χ1n) is 11.8. The summed E-state index contributed by atoms with van der Waals surface area (Å²) in [6.07, 6.45) is -0.372. The number of likely N-dealkylation sites (N-methyl/N-ethyl adjacent to an activating group) is 1. The maximum absolute atomic E-state index is 13.7. The van der Waals surface area contributed by atoms with Gasteiger partial charge < -0.3 is 10.2 Å². The van der Waals surface area contributed by atoms with Gasteiger partial charge in [-0.2, -0.15) is 0 Å². The van der Waals surface area contributed by atoms with Gasteiger partial charge in [0.15, 0.2) is 0 Å². The number of nitrogens with one attached hydrogen (secondary N) is 1. The fourth-order valence-electron chi connectivity index (χ4n) is 4.39. The lowest BCUT2D eigenvalue weighted by atomic mass is 9.97. The summed E-state index contributed by atoms with van der Waals surface area (Å²) in [6, 6.07) is 17.7. The van der Waals surface area contributed by atoms with Crippen molar-refractivity contribution in [1.29, 1.82) is 0 Å². The van der Waals surface area contributed by atoms with E-state index >= 15 is 0 Å². The highest BCUT2D eigenvalue weighted by Crippen LogP contribution is 2.31. The quantitative estimate of drug-likeness (QED) is 0.483. The van der Waals surface area contributed by atoms with Gasteiger partial charge in [0, 0.05) is 23.7 Å². The molecule has 3 aromatic carbocycles. The third kappa shape index (κ3) is 5.17. The Bertz CT molecular complexity index is 1370. The van der Waals surface area contributed by atoms with Gasteiger partial charge in [0.1, 0.15) is 11.6 Å². The van der Waals surface area contributed by atoms with E-state index in [1.165, 1.54) is 11.8 Å². The Kier molecular flexibility index (Phi) is 7.26. The average molecular weight is 505 g/mol. The zero-order chi connectivity index (χ0) is 26.7. The zero-order valence-electron chi connectivity index (χ0n) is 20.4. The molecule has 37 heavy (non-hydrogen) atoms. The second kappa shape index (κ2) is 10.4. The molecule has 190 valence electrons. The van der Waals surface area contributed by atoms with Crippen molar-refractivity contribution < 1.29 is 23.2 Å². The van der Waals surface area contributed by atoms with Gasteiger partial charge >= 0.3 is 0 Å². The summed E-state index contributed by atoms with van der Waals surface area (Å²) >= 11 is 0. The Morgan fingerprint density at radius 2 is 1.65 bits per heavy atom. The van der Waals surface area contributed by atoms with E-state index in [9.17, 15) is 23.2 Å². The van der Waals surface area contributed by atoms with E-state index in [1.54, 1.807) is 43.3 Å². The predicted molar refractivity (Wildman–Crippen MR) is 136 cm³/mol. The van der Waals surface area contributed by atoms with Crippen LogP contribution in [-0.2, 0) is 20.8 Å². The minimum atomic E-state index is -2.34. The van der Waals surface area contributed by atoms with Crippen molar-refractivity contribution in [2.45, 2.75) is 32.0 Å². The molecular formula is C28H26F2N4O3. The van der Waals surface area contributed by atoms with Crippen LogP contribution in [-0.4, -0.2) is 41.6 Å². The Labute approximate surface area is 213 Å². The SMILES string of the molecule is CCN1C(=O)C(N)(C(=O)[C@H](C)NC(=O)Cc2cc(F)cc(F)c2)N=C(c2ccccc2)c2ccccc21. The number of nitrogens with two attached hydrogens (primary N) is 1. The summed E-state index contributed by atoms with van der Waals surface area (Å²) in [5.41, 5.74) is 6.49. The number of amides is 2. The van der Waals surface area contributed by atoms with Crippen molar-refractivity contribution in [2.24, 2.45) is 10.7 Å². The maximum atomic E-state index is 13.7. The summed E-state index contributed by atoms with van der Waals surface area (Å²) in [4.78, 5) is 45.9. The molecule has 2 atom stereocenters. The molecule has 7 nitrogen and oxygen atoms in total. The fourth-order valence-corrected chi connectivity index (χ4v) is 4.39. The molecule has 1 aliphatic heterocycles. The van der Waals surface area contributed by atoms with Crippen LogP contribution in [0.4, 0.5) is 14.5 Å². The minimum absolute atomic E-state index is 0.0969. The topological polar surface area (TPSA) is 105 Å². The normalized spacial score (nSPS) is 17.9. The van der Waals surface area contributed by atoms with Crippen molar-refractivity contribution in [2.75, 3.05) is 11.4 Å². The fraction of sp³-hybridized carbons (Fsp3) is 0.214. The van der Waals surface area contributed by atoms with Crippen LogP contribution in [0.2, 0.25) is 0 Å². The predicted octanol–water partition coefficient (Wildman–Crippen LogP) is 3.14. The summed E-state index contributed by atoms with van der Waals surface area (Å²) < 4.78 is 27.0. The number of Topliss-reactive ketones (excluding diaryl/α,β-unsaturated/α-hetero) is 1. The third-order valence-corrected chi connectivity index (χ3v) is 6.11. The molecule has 1 aliphatic rings. The first-order chi connectivity index (χ1) is 17.6. The van der Waals surface area contributed by atoms with Gasteiger partial charge in [0.05, 0.1) is 23.9 Å². The van der Waals surface area contributed by atoms with Crippen molar-refractivity contribution >= 4 is 29.0 Å². The third-order valence-electron chi connectivity index (χ3n) is 6.11. The molecule has 0 radical (unpaired) electrons. The Balaban J connectivity index is 1.70. The van der Waals surface area contributed by atoms with Crippen LogP contribution in [0.5, 0.6) is 0 Å². The number of ketones is 1. The lowest BCUT2D eigenvalue weighted by Crippen LogP contribution is -2.63. The van der Waals surface area contributed by atoms with E-state index in [-0.39, 0.29) is 18.5 Å². The number of fused-ring (bicyclic) bond motifs is 1. The number of benzodiazepines with no additional fused rings is 1. The smallest absolute Gasteiger partial charge is 0.277 e. The summed E-state index contributed by atoms with van der Waals surface area (Å²) in [7, 11) is 0. The number of benzene rings is 3. The molecule has 0 spiro atoms. The van der Waals surface area contributed by atoms with Crippen molar-refractivity contribution in [3.63, 3.8) is 0 Å². The van der Waals surface area contributed by atoms with Gasteiger partial charge in [-0.1, -0.05) is 48.5 Å². The summed E-state index contributed by atoms with van der Waals surface area (Å²) in [6.45, 7) is 3.38. The van der Waals surface area contributed by atoms with E-state index in [4.69, 9.17) is 5.73 Å². The molecule has 9 heteroatoms. The molecule has 3 N–H and O–H groups in total. The van der Waals surface area contributed by atoms with E-state index in [1.807, 2.05) is 18.2 Å². The van der Waals surface area contributed by atoms with Crippen LogP contribution in [0, 0.1) is 11.6 Å². The van der Waals surface area contributed by atoms with Gasteiger partial charge in [0.2, 0.25) is 17.4 Å². The number of halogens is 2. The average Bonchev–Trinajstić information content (AvgIpc) is 2.96. The first-order valence-corrected chi connectivity index (χ1v) is 11.8. The van der Waals surface area contributed by atoms with Crippen LogP contribution in [0.25, 0.3) is 0 Å². The second-order valence-corrected chi connectivity index (χ2v) is 8.77. The van der Waals surface area contributed by atoms with E-state index in [2.05, 4.69) is 10.3 Å². The number of nitrogens with zero attached hydrogens (tertiary/aromatic N) is 2. The van der Waals surface area contributed by atoms with Gasteiger partial charge in [0.25, 0.3) is 5.91 Å². The molecule has 4 rings (SSSR count). The lowest BCUT2D eigenvalue weighted by Gasteiger charge is -2.30. The number of anilines is 1. The molecule has 0 bridgehead atoms. The van der Waals surface area contributed by atoms with Crippen LogP contribution in [0.15, 0.2) is 77.8 Å². The highest BCUT2D eigenvalue weighted by Gasteiger charge is 2.49. The van der Waals surface area contributed by atoms with E-state index < -0.39 is 40.9 Å². The number of hydrogen-bond donors (Lipinski definition) is 2. The first kappa shape index (κ1) is 25.8. The number of hydrogen-bond acceptors (Lipinski definition) is 5. The number of aliphatic imine (C=N–C) groups is 1. The molecule has 1 heterocycles. The molecule has 0 saturated carbocycles.